The van der Waals surface area contributed by atoms with E-state index in [9.17, 15) is 9.18 Å². The van der Waals surface area contributed by atoms with Crippen LogP contribution in [0.4, 0.5) is 15.0 Å². The monoisotopic (exact) mass is 479 g/mol. The van der Waals surface area contributed by atoms with Crippen molar-refractivity contribution in [3.8, 4) is 5.69 Å². The Morgan fingerprint density at radius 3 is 2.46 bits per heavy atom. The van der Waals surface area contributed by atoms with Crippen molar-refractivity contribution < 1.29 is 9.18 Å². The lowest BCUT2D eigenvalue weighted by Crippen LogP contribution is -2.52. The number of carbonyl (C=O) groups is 1. The molecule has 9 heteroatoms. The van der Waals surface area contributed by atoms with Gasteiger partial charge in [0.1, 0.15) is 17.5 Å². The van der Waals surface area contributed by atoms with Crippen molar-refractivity contribution in [3.05, 3.63) is 41.6 Å². The van der Waals surface area contributed by atoms with Crippen molar-refractivity contribution in [1.82, 2.24) is 30.0 Å². The SMILES string of the molecule is CCNC(=O)N1CCN(c2nc(CC3CCCCC3)nc3c2c(C)nn3-c2ccc(F)cc2)CC1. The first-order valence-corrected chi connectivity index (χ1v) is 12.8. The molecule has 0 radical (unpaired) electrons. The van der Waals surface area contributed by atoms with Gasteiger partial charge < -0.3 is 15.1 Å². The van der Waals surface area contributed by atoms with Crippen molar-refractivity contribution >= 4 is 22.9 Å². The molecule has 1 aliphatic carbocycles. The Morgan fingerprint density at radius 2 is 1.77 bits per heavy atom. The zero-order valence-corrected chi connectivity index (χ0v) is 20.6. The largest absolute Gasteiger partial charge is 0.352 e. The summed E-state index contributed by atoms with van der Waals surface area (Å²) in [7, 11) is 0. The molecule has 1 saturated carbocycles. The zero-order valence-electron chi connectivity index (χ0n) is 20.6. The van der Waals surface area contributed by atoms with Gasteiger partial charge in [-0.3, -0.25) is 0 Å². The molecule has 0 bridgehead atoms. The van der Waals surface area contributed by atoms with E-state index in [1.165, 1.54) is 44.2 Å². The highest BCUT2D eigenvalue weighted by Crippen LogP contribution is 2.32. The third kappa shape index (κ3) is 4.94. The Balaban J connectivity index is 1.52. The normalized spacial score (nSPS) is 17.2. The predicted molar refractivity (Wildman–Crippen MR) is 134 cm³/mol. The fourth-order valence-corrected chi connectivity index (χ4v) is 5.32. The molecule has 1 aliphatic heterocycles. The quantitative estimate of drug-likeness (QED) is 0.592. The van der Waals surface area contributed by atoms with Crippen LogP contribution >= 0.6 is 0 Å². The van der Waals surface area contributed by atoms with Crippen molar-refractivity contribution in [3.63, 3.8) is 0 Å². The van der Waals surface area contributed by atoms with E-state index in [-0.39, 0.29) is 11.8 Å². The van der Waals surface area contributed by atoms with E-state index in [4.69, 9.17) is 15.1 Å². The maximum Gasteiger partial charge on any atom is 0.317 e. The maximum absolute atomic E-state index is 13.6. The number of anilines is 1. The van der Waals surface area contributed by atoms with Gasteiger partial charge in [-0.1, -0.05) is 32.1 Å². The smallest absolute Gasteiger partial charge is 0.317 e. The second-order valence-corrected chi connectivity index (χ2v) is 9.65. The lowest BCUT2D eigenvalue weighted by atomic mass is 9.87. The van der Waals surface area contributed by atoms with Crippen LogP contribution in [0.15, 0.2) is 24.3 Å². The van der Waals surface area contributed by atoms with Crippen molar-refractivity contribution in [1.29, 1.82) is 0 Å². The van der Waals surface area contributed by atoms with Crippen molar-refractivity contribution in [2.45, 2.75) is 52.4 Å². The highest BCUT2D eigenvalue weighted by Gasteiger charge is 2.27. The molecule has 3 aromatic rings. The molecule has 186 valence electrons. The number of hydrogen-bond donors (Lipinski definition) is 1. The van der Waals surface area contributed by atoms with Crippen LogP contribution < -0.4 is 10.2 Å². The van der Waals surface area contributed by atoms with Crippen LogP contribution in [0, 0.1) is 18.7 Å². The first-order chi connectivity index (χ1) is 17.0. The number of urea groups is 1. The zero-order chi connectivity index (χ0) is 24.4. The van der Waals surface area contributed by atoms with Gasteiger partial charge in [0.15, 0.2) is 5.65 Å². The number of benzene rings is 1. The summed E-state index contributed by atoms with van der Waals surface area (Å²) >= 11 is 0. The number of piperazine rings is 1. The number of rotatable bonds is 5. The summed E-state index contributed by atoms with van der Waals surface area (Å²) in [5, 5.41) is 8.61. The summed E-state index contributed by atoms with van der Waals surface area (Å²) in [4.78, 5) is 26.5. The lowest BCUT2D eigenvalue weighted by molar-refractivity contribution is 0.195. The summed E-state index contributed by atoms with van der Waals surface area (Å²) in [6.45, 7) is 7.21. The summed E-state index contributed by atoms with van der Waals surface area (Å²) in [6.07, 6.45) is 7.16. The number of halogens is 1. The maximum atomic E-state index is 13.6. The van der Waals surface area contributed by atoms with E-state index in [0.717, 1.165) is 40.5 Å². The molecule has 2 amide bonds. The average Bonchev–Trinajstić information content (AvgIpc) is 3.21. The van der Waals surface area contributed by atoms with Gasteiger partial charge in [-0.15, -0.1) is 0 Å². The summed E-state index contributed by atoms with van der Waals surface area (Å²) in [5.41, 5.74) is 2.38. The average molecular weight is 480 g/mol. The van der Waals surface area contributed by atoms with E-state index in [0.29, 0.717) is 38.6 Å². The molecule has 0 atom stereocenters. The van der Waals surface area contributed by atoms with Crippen LogP contribution in [0.3, 0.4) is 0 Å². The number of aryl methyl sites for hydroxylation is 1. The Bertz CT molecular complexity index is 1180. The molecule has 2 aliphatic rings. The number of hydrogen-bond acceptors (Lipinski definition) is 5. The molecule has 0 unspecified atom stereocenters. The molecule has 1 N–H and O–H groups in total. The highest BCUT2D eigenvalue weighted by atomic mass is 19.1. The standard InChI is InChI=1S/C26H34FN7O/c1-3-28-26(35)33-15-13-32(14-16-33)24-23-18(2)31-34(21-11-9-20(27)10-12-21)25(23)30-22(29-24)17-19-7-5-4-6-8-19/h9-12,19H,3-8,13-17H2,1-2H3,(H,28,35). The molecule has 3 heterocycles. The van der Waals surface area contributed by atoms with Gasteiger partial charge in [0.25, 0.3) is 0 Å². The molecule has 1 saturated heterocycles. The fraction of sp³-hybridized carbons (Fsp3) is 0.538. The van der Waals surface area contributed by atoms with Gasteiger partial charge in [-0.2, -0.15) is 5.10 Å². The summed E-state index contributed by atoms with van der Waals surface area (Å²) < 4.78 is 15.4. The Hall–Kier alpha value is -3.23. The molecule has 1 aromatic carbocycles. The van der Waals surface area contributed by atoms with Gasteiger partial charge in [-0.25, -0.2) is 23.8 Å². The Kier molecular flexibility index (Phi) is 6.83. The third-order valence-electron chi connectivity index (χ3n) is 7.19. The van der Waals surface area contributed by atoms with E-state index in [1.54, 1.807) is 12.1 Å². The van der Waals surface area contributed by atoms with Crippen LogP contribution in [0.5, 0.6) is 0 Å². The number of nitrogens with one attached hydrogen (secondary N) is 1. The molecule has 0 spiro atoms. The second-order valence-electron chi connectivity index (χ2n) is 9.65. The molecule has 2 fully saturated rings. The van der Waals surface area contributed by atoms with Crippen LogP contribution in [-0.4, -0.2) is 63.4 Å². The minimum Gasteiger partial charge on any atom is -0.352 e. The molecule has 5 rings (SSSR count). The van der Waals surface area contributed by atoms with Gasteiger partial charge in [0, 0.05) is 39.1 Å². The number of carbonyl (C=O) groups excluding carboxylic acids is 1. The lowest BCUT2D eigenvalue weighted by Gasteiger charge is -2.35. The predicted octanol–water partition coefficient (Wildman–Crippen LogP) is 4.24. The van der Waals surface area contributed by atoms with E-state index in [2.05, 4.69) is 10.2 Å². The molecular formula is C26H34FN7O. The van der Waals surface area contributed by atoms with Crippen LogP contribution in [0.1, 0.15) is 50.5 Å². The van der Waals surface area contributed by atoms with Gasteiger partial charge in [-0.05, 0) is 44.0 Å². The van der Waals surface area contributed by atoms with Crippen molar-refractivity contribution in [2.24, 2.45) is 5.92 Å². The van der Waals surface area contributed by atoms with E-state index >= 15 is 0 Å². The first kappa shape index (κ1) is 23.5. The second kappa shape index (κ2) is 10.2. The van der Waals surface area contributed by atoms with Crippen LogP contribution in [0.2, 0.25) is 0 Å². The summed E-state index contributed by atoms with van der Waals surface area (Å²) in [5.74, 6) is 2.06. The first-order valence-electron chi connectivity index (χ1n) is 12.8. The minimum absolute atomic E-state index is 0.0155. The summed E-state index contributed by atoms with van der Waals surface area (Å²) in [6, 6.07) is 6.34. The molecular weight excluding hydrogens is 445 g/mol. The topological polar surface area (TPSA) is 79.2 Å². The van der Waals surface area contributed by atoms with Crippen LogP contribution in [0.25, 0.3) is 16.7 Å². The molecule has 2 aromatic heterocycles. The Morgan fingerprint density at radius 1 is 1.06 bits per heavy atom. The highest BCUT2D eigenvalue weighted by molar-refractivity contribution is 5.91. The van der Waals surface area contributed by atoms with Gasteiger partial charge in [0.2, 0.25) is 0 Å². The number of aromatic nitrogens is 4. The fourth-order valence-electron chi connectivity index (χ4n) is 5.32. The van der Waals surface area contributed by atoms with Crippen LogP contribution in [-0.2, 0) is 6.42 Å². The van der Waals surface area contributed by atoms with Crippen molar-refractivity contribution in [2.75, 3.05) is 37.6 Å². The molecule has 35 heavy (non-hydrogen) atoms. The third-order valence-corrected chi connectivity index (χ3v) is 7.19. The number of nitrogens with zero attached hydrogens (tertiary/aromatic N) is 6. The van der Waals surface area contributed by atoms with E-state index < -0.39 is 0 Å². The molecule has 8 nitrogen and oxygen atoms in total. The van der Waals surface area contributed by atoms with Gasteiger partial charge in [0.05, 0.1) is 16.8 Å². The van der Waals surface area contributed by atoms with E-state index in [1.807, 2.05) is 23.4 Å². The number of amides is 2. The minimum atomic E-state index is -0.278. The van der Waals surface area contributed by atoms with Gasteiger partial charge >= 0.3 is 6.03 Å². The number of fused-ring (bicyclic) bond motifs is 1. The Labute approximate surface area is 205 Å².